The lowest BCUT2D eigenvalue weighted by Gasteiger charge is -2.18. The molecule has 96 valence electrons. The molecule has 0 saturated carbocycles. The summed E-state index contributed by atoms with van der Waals surface area (Å²) in [5, 5.41) is 14.0. The molecule has 18 heavy (non-hydrogen) atoms. The molecule has 3 N–H and O–H groups in total. The first-order valence-electron chi connectivity index (χ1n) is 6.01. The number of nitro groups is 1. The summed E-state index contributed by atoms with van der Waals surface area (Å²) in [6.07, 6.45) is 0. The number of fused-ring (bicyclic) bond motifs is 1. The zero-order valence-corrected chi connectivity index (χ0v) is 9.87. The summed E-state index contributed by atoms with van der Waals surface area (Å²) < 4.78 is 0. The van der Waals surface area contributed by atoms with E-state index in [1.54, 1.807) is 6.07 Å². The minimum absolute atomic E-state index is 0.00677. The molecule has 2 atom stereocenters. The average Bonchev–Trinajstić information content (AvgIpc) is 2.87. The molecule has 2 aliphatic rings. The van der Waals surface area contributed by atoms with Crippen LogP contribution in [0.1, 0.15) is 0 Å². The standard InChI is InChI=1S/C11H15N5O2/c12-11-9(16(17)18)1-2-10(14-11)15-5-7-3-13-4-8(7)6-15/h1-2,7-8,13H,3-6H2,(H2,12,14). The highest BCUT2D eigenvalue weighted by atomic mass is 16.6. The van der Waals surface area contributed by atoms with E-state index in [1.165, 1.54) is 6.07 Å². The van der Waals surface area contributed by atoms with Crippen molar-refractivity contribution >= 4 is 17.3 Å². The van der Waals surface area contributed by atoms with Crippen molar-refractivity contribution in [3.05, 3.63) is 22.2 Å². The first-order chi connectivity index (χ1) is 8.65. The van der Waals surface area contributed by atoms with Crippen LogP contribution in [0.3, 0.4) is 0 Å². The lowest BCUT2D eigenvalue weighted by atomic mass is 10.0. The fourth-order valence-electron chi connectivity index (χ4n) is 2.83. The number of pyridine rings is 1. The number of hydrogen-bond acceptors (Lipinski definition) is 6. The minimum atomic E-state index is -0.505. The van der Waals surface area contributed by atoms with Crippen molar-refractivity contribution in [2.75, 3.05) is 36.8 Å². The third kappa shape index (κ3) is 1.76. The fourth-order valence-corrected chi connectivity index (χ4v) is 2.83. The Morgan fingerprint density at radius 2 is 2.06 bits per heavy atom. The molecule has 3 rings (SSSR count). The van der Waals surface area contributed by atoms with Gasteiger partial charge in [-0.2, -0.15) is 0 Å². The summed E-state index contributed by atoms with van der Waals surface area (Å²) in [5.41, 5.74) is 5.49. The van der Waals surface area contributed by atoms with Crippen molar-refractivity contribution in [2.45, 2.75) is 0 Å². The molecule has 0 aliphatic carbocycles. The van der Waals surface area contributed by atoms with Crippen molar-refractivity contribution in [1.82, 2.24) is 10.3 Å². The first kappa shape index (κ1) is 11.2. The highest BCUT2D eigenvalue weighted by molar-refractivity contribution is 5.58. The van der Waals surface area contributed by atoms with Crippen molar-refractivity contribution in [1.29, 1.82) is 0 Å². The molecular formula is C11H15N5O2. The molecule has 2 unspecified atom stereocenters. The highest BCUT2D eigenvalue weighted by Crippen LogP contribution is 2.31. The van der Waals surface area contributed by atoms with Gasteiger partial charge in [-0.15, -0.1) is 0 Å². The van der Waals surface area contributed by atoms with Crippen molar-refractivity contribution in [3.8, 4) is 0 Å². The van der Waals surface area contributed by atoms with Gasteiger partial charge in [-0.05, 0) is 17.9 Å². The lowest BCUT2D eigenvalue weighted by molar-refractivity contribution is -0.384. The van der Waals surface area contributed by atoms with E-state index < -0.39 is 4.92 Å². The van der Waals surface area contributed by atoms with Gasteiger partial charge in [-0.25, -0.2) is 4.98 Å². The number of anilines is 2. The van der Waals surface area contributed by atoms with E-state index in [-0.39, 0.29) is 11.5 Å². The maximum atomic E-state index is 10.7. The summed E-state index contributed by atoms with van der Waals surface area (Å²) in [4.78, 5) is 16.5. The molecule has 7 heteroatoms. The van der Waals surface area contributed by atoms with Crippen LogP contribution in [0.5, 0.6) is 0 Å². The van der Waals surface area contributed by atoms with E-state index in [1.807, 2.05) is 0 Å². The van der Waals surface area contributed by atoms with Crippen LogP contribution in [-0.2, 0) is 0 Å². The number of nitrogens with zero attached hydrogens (tertiary/aromatic N) is 3. The topological polar surface area (TPSA) is 97.3 Å². The van der Waals surface area contributed by atoms with E-state index in [4.69, 9.17) is 5.73 Å². The van der Waals surface area contributed by atoms with E-state index in [0.717, 1.165) is 32.0 Å². The van der Waals surface area contributed by atoms with Crippen LogP contribution in [-0.4, -0.2) is 36.1 Å². The predicted molar refractivity (Wildman–Crippen MR) is 67.4 cm³/mol. The van der Waals surface area contributed by atoms with E-state index >= 15 is 0 Å². The highest BCUT2D eigenvalue weighted by Gasteiger charge is 2.36. The van der Waals surface area contributed by atoms with Gasteiger partial charge >= 0.3 is 5.69 Å². The smallest absolute Gasteiger partial charge is 0.311 e. The SMILES string of the molecule is Nc1nc(N2CC3CNCC3C2)ccc1[N+](=O)[O-]. The molecule has 3 heterocycles. The van der Waals surface area contributed by atoms with Crippen LogP contribution >= 0.6 is 0 Å². The van der Waals surface area contributed by atoms with Crippen LogP contribution in [0.2, 0.25) is 0 Å². The molecule has 0 spiro atoms. The van der Waals surface area contributed by atoms with Gasteiger partial charge in [0, 0.05) is 32.2 Å². The second-order valence-electron chi connectivity index (χ2n) is 4.91. The van der Waals surface area contributed by atoms with Gasteiger partial charge in [0.15, 0.2) is 0 Å². The van der Waals surface area contributed by atoms with Crippen molar-refractivity contribution in [3.63, 3.8) is 0 Å². The van der Waals surface area contributed by atoms with E-state index in [0.29, 0.717) is 11.8 Å². The van der Waals surface area contributed by atoms with E-state index in [2.05, 4.69) is 15.2 Å². The molecule has 2 aliphatic heterocycles. The Balaban J connectivity index is 1.81. The predicted octanol–water partition coefficient (Wildman–Crippen LogP) is 0.228. The first-order valence-corrected chi connectivity index (χ1v) is 6.01. The Kier molecular flexibility index (Phi) is 2.55. The van der Waals surface area contributed by atoms with Crippen LogP contribution in [0.4, 0.5) is 17.3 Å². The molecule has 1 aromatic rings. The van der Waals surface area contributed by atoms with Crippen molar-refractivity contribution < 1.29 is 4.92 Å². The maximum Gasteiger partial charge on any atom is 0.311 e. The molecule has 7 nitrogen and oxygen atoms in total. The largest absolute Gasteiger partial charge is 0.378 e. The quantitative estimate of drug-likeness (QED) is 0.575. The van der Waals surface area contributed by atoms with Gasteiger partial charge < -0.3 is 16.0 Å². The maximum absolute atomic E-state index is 10.7. The van der Waals surface area contributed by atoms with Gasteiger partial charge in [0.2, 0.25) is 5.82 Å². The Hall–Kier alpha value is -1.89. The molecule has 0 bridgehead atoms. The number of nitrogens with one attached hydrogen (secondary N) is 1. The van der Waals surface area contributed by atoms with E-state index in [9.17, 15) is 10.1 Å². The summed E-state index contributed by atoms with van der Waals surface area (Å²) >= 11 is 0. The minimum Gasteiger partial charge on any atom is -0.378 e. The fraction of sp³-hybridized carbons (Fsp3) is 0.545. The second kappa shape index (κ2) is 4.09. The second-order valence-corrected chi connectivity index (χ2v) is 4.91. The number of nitrogen functional groups attached to an aromatic ring is 1. The molecule has 0 aromatic carbocycles. The molecule has 2 saturated heterocycles. The number of aromatic nitrogens is 1. The molecule has 0 radical (unpaired) electrons. The van der Waals surface area contributed by atoms with Gasteiger partial charge in [-0.1, -0.05) is 0 Å². The Morgan fingerprint density at radius 3 is 2.61 bits per heavy atom. The third-order valence-electron chi connectivity index (χ3n) is 3.80. The Labute approximate surface area is 104 Å². The van der Waals surface area contributed by atoms with Crippen LogP contribution < -0.4 is 16.0 Å². The summed E-state index contributed by atoms with van der Waals surface area (Å²) in [6, 6.07) is 3.12. The molecular weight excluding hydrogens is 234 g/mol. The van der Waals surface area contributed by atoms with Crippen LogP contribution in [0, 0.1) is 22.0 Å². The van der Waals surface area contributed by atoms with Gasteiger partial charge in [-0.3, -0.25) is 10.1 Å². The monoisotopic (exact) mass is 249 g/mol. The van der Waals surface area contributed by atoms with Crippen LogP contribution in [0.15, 0.2) is 12.1 Å². The zero-order valence-electron chi connectivity index (χ0n) is 9.87. The van der Waals surface area contributed by atoms with Gasteiger partial charge in [0.25, 0.3) is 0 Å². The zero-order chi connectivity index (χ0) is 12.7. The number of hydrogen-bond donors (Lipinski definition) is 2. The summed E-state index contributed by atoms with van der Waals surface area (Å²) in [5.74, 6) is 2.05. The van der Waals surface area contributed by atoms with Crippen LogP contribution in [0.25, 0.3) is 0 Å². The normalized spacial score (nSPS) is 26.3. The average molecular weight is 249 g/mol. The van der Waals surface area contributed by atoms with Gasteiger partial charge in [0.05, 0.1) is 4.92 Å². The molecule has 1 aromatic heterocycles. The number of rotatable bonds is 2. The molecule has 2 fully saturated rings. The summed E-state index contributed by atoms with van der Waals surface area (Å²) in [6.45, 7) is 3.98. The molecule has 0 amide bonds. The Bertz CT molecular complexity index is 480. The summed E-state index contributed by atoms with van der Waals surface area (Å²) in [7, 11) is 0. The third-order valence-corrected chi connectivity index (χ3v) is 3.80. The van der Waals surface area contributed by atoms with Crippen molar-refractivity contribution in [2.24, 2.45) is 11.8 Å². The lowest BCUT2D eigenvalue weighted by Crippen LogP contribution is -2.26. The van der Waals surface area contributed by atoms with Gasteiger partial charge in [0.1, 0.15) is 5.82 Å². The number of nitrogens with two attached hydrogens (primary N) is 1. The Morgan fingerprint density at radius 1 is 1.39 bits per heavy atom.